The molecule has 238 valence electrons. The van der Waals surface area contributed by atoms with Crippen LogP contribution >= 0.6 is 11.6 Å². The number of esters is 4. The third kappa shape index (κ3) is 7.69. The molecule has 12 heteroatoms. The standard InChI is InChI=1S/C32H37ClO11/c1-8-20-9-11-21(12-10-20)26-23-13-22(33)14-24(27(23)44-32(6,7)43-26)28-30(40-18(4)36)31(41-19(5)37)29(39-17(3)35)25(42-28)15-38-16(2)34/h9-14,25-26,28-31H,8,15H2,1-7H3. The first-order valence-electron chi connectivity index (χ1n) is 14.3. The summed E-state index contributed by atoms with van der Waals surface area (Å²) in [6.45, 7) is 9.95. The summed E-state index contributed by atoms with van der Waals surface area (Å²) in [6.07, 6.45) is -6.01. The van der Waals surface area contributed by atoms with Crippen molar-refractivity contribution < 1.29 is 52.3 Å². The molecule has 0 saturated carbocycles. The largest absolute Gasteiger partial charge is 0.463 e. The second kappa shape index (κ2) is 13.5. The first-order valence-corrected chi connectivity index (χ1v) is 14.7. The average Bonchev–Trinajstić information content (AvgIpc) is 2.93. The molecule has 2 aromatic rings. The van der Waals surface area contributed by atoms with Gasteiger partial charge in [-0.1, -0.05) is 42.8 Å². The van der Waals surface area contributed by atoms with E-state index in [1.807, 2.05) is 24.3 Å². The van der Waals surface area contributed by atoms with Crippen molar-refractivity contribution in [3.05, 3.63) is 63.7 Å². The van der Waals surface area contributed by atoms with Gasteiger partial charge < -0.3 is 33.2 Å². The van der Waals surface area contributed by atoms with Crippen LogP contribution in [0.15, 0.2) is 36.4 Å². The van der Waals surface area contributed by atoms with Crippen molar-refractivity contribution in [3.63, 3.8) is 0 Å². The van der Waals surface area contributed by atoms with Crippen molar-refractivity contribution in [3.8, 4) is 5.75 Å². The van der Waals surface area contributed by atoms with Crippen molar-refractivity contribution in [1.82, 2.24) is 0 Å². The van der Waals surface area contributed by atoms with Gasteiger partial charge in [-0.2, -0.15) is 0 Å². The van der Waals surface area contributed by atoms with Gasteiger partial charge in [-0.15, -0.1) is 0 Å². The maximum Gasteiger partial charge on any atom is 0.303 e. The van der Waals surface area contributed by atoms with Crippen LogP contribution in [0.3, 0.4) is 0 Å². The van der Waals surface area contributed by atoms with Crippen molar-refractivity contribution in [2.45, 2.75) is 97.3 Å². The molecule has 1 saturated heterocycles. The molecule has 0 radical (unpaired) electrons. The van der Waals surface area contributed by atoms with E-state index in [1.54, 1.807) is 26.0 Å². The van der Waals surface area contributed by atoms with E-state index in [0.717, 1.165) is 24.5 Å². The number of halogens is 1. The van der Waals surface area contributed by atoms with E-state index in [9.17, 15) is 19.2 Å². The van der Waals surface area contributed by atoms with E-state index in [0.29, 0.717) is 21.9 Å². The molecule has 0 N–H and O–H groups in total. The lowest BCUT2D eigenvalue weighted by Crippen LogP contribution is -2.59. The Morgan fingerprint density at radius 2 is 1.39 bits per heavy atom. The minimum Gasteiger partial charge on any atom is -0.463 e. The lowest BCUT2D eigenvalue weighted by Gasteiger charge is -2.46. The van der Waals surface area contributed by atoms with Crippen molar-refractivity contribution in [2.24, 2.45) is 0 Å². The molecule has 44 heavy (non-hydrogen) atoms. The molecule has 0 amide bonds. The number of rotatable bonds is 8. The van der Waals surface area contributed by atoms with Crippen molar-refractivity contribution >= 4 is 35.5 Å². The molecule has 0 aliphatic carbocycles. The van der Waals surface area contributed by atoms with Gasteiger partial charge in [0.1, 0.15) is 30.7 Å². The first-order chi connectivity index (χ1) is 20.7. The molecule has 0 aromatic heterocycles. The third-order valence-corrected chi connectivity index (χ3v) is 7.35. The molecule has 2 aromatic carbocycles. The number of carbonyl (C=O) groups excluding carboxylic acids is 4. The molecule has 0 bridgehead atoms. The number of carbonyl (C=O) groups is 4. The Balaban J connectivity index is 1.91. The fourth-order valence-electron chi connectivity index (χ4n) is 5.43. The summed E-state index contributed by atoms with van der Waals surface area (Å²) in [5, 5.41) is 0.300. The molecule has 1 fully saturated rings. The minimum absolute atomic E-state index is 0.300. The van der Waals surface area contributed by atoms with Gasteiger partial charge in [0.2, 0.25) is 5.79 Å². The van der Waals surface area contributed by atoms with E-state index < -0.39 is 66.3 Å². The monoisotopic (exact) mass is 632 g/mol. The number of hydrogen-bond acceptors (Lipinski definition) is 11. The van der Waals surface area contributed by atoms with Crippen LogP contribution in [-0.2, 0) is 54.0 Å². The van der Waals surface area contributed by atoms with Gasteiger partial charge in [0.05, 0.1) is 0 Å². The summed E-state index contributed by atoms with van der Waals surface area (Å²) >= 11 is 6.68. The molecule has 0 spiro atoms. The highest BCUT2D eigenvalue weighted by Crippen LogP contribution is 2.50. The molecule has 6 unspecified atom stereocenters. The Kier molecular flexibility index (Phi) is 10.2. The Hall–Kier alpha value is -3.67. The van der Waals surface area contributed by atoms with Crippen LogP contribution in [0.25, 0.3) is 0 Å². The second-order valence-corrected chi connectivity index (χ2v) is 11.6. The Labute approximate surface area is 261 Å². The number of hydrogen-bond donors (Lipinski definition) is 0. The maximum atomic E-state index is 12.4. The predicted molar refractivity (Wildman–Crippen MR) is 156 cm³/mol. The molecular weight excluding hydrogens is 596 g/mol. The lowest BCUT2D eigenvalue weighted by atomic mass is 9.87. The number of benzene rings is 2. The van der Waals surface area contributed by atoms with Crippen LogP contribution in [0.5, 0.6) is 5.75 Å². The second-order valence-electron chi connectivity index (χ2n) is 11.1. The molecule has 6 atom stereocenters. The first kappa shape index (κ1) is 33.2. The van der Waals surface area contributed by atoms with Crippen LogP contribution in [0.1, 0.15) is 82.9 Å². The fourth-order valence-corrected chi connectivity index (χ4v) is 5.67. The van der Waals surface area contributed by atoms with Crippen LogP contribution in [0, 0.1) is 0 Å². The van der Waals surface area contributed by atoms with E-state index in [-0.39, 0.29) is 6.61 Å². The zero-order valence-electron chi connectivity index (χ0n) is 25.7. The highest BCUT2D eigenvalue weighted by atomic mass is 35.5. The summed E-state index contributed by atoms with van der Waals surface area (Å²) < 4.78 is 41.2. The SMILES string of the molecule is CCc1ccc(C2OC(C)(C)Oc3c2cc(Cl)cc3C2OC(COC(C)=O)C(OC(C)=O)C(OC(C)=O)C2OC(C)=O)cc1. The Bertz CT molecular complexity index is 1400. The van der Waals surface area contributed by atoms with Gasteiger partial charge in [0, 0.05) is 57.7 Å². The van der Waals surface area contributed by atoms with Crippen molar-refractivity contribution in [2.75, 3.05) is 6.61 Å². The van der Waals surface area contributed by atoms with Gasteiger partial charge in [-0.05, 0) is 29.7 Å². The van der Waals surface area contributed by atoms with E-state index >= 15 is 0 Å². The summed E-state index contributed by atoms with van der Waals surface area (Å²) in [4.78, 5) is 48.6. The van der Waals surface area contributed by atoms with Crippen LogP contribution in [0.4, 0.5) is 0 Å². The van der Waals surface area contributed by atoms with Gasteiger partial charge in [-0.3, -0.25) is 19.2 Å². The Morgan fingerprint density at radius 1 is 0.818 bits per heavy atom. The predicted octanol–water partition coefficient (Wildman–Crippen LogP) is 4.94. The molecule has 4 rings (SSSR count). The number of ether oxygens (including phenoxy) is 7. The van der Waals surface area contributed by atoms with E-state index in [2.05, 4.69) is 6.92 Å². The smallest absolute Gasteiger partial charge is 0.303 e. The molecule has 2 aliphatic heterocycles. The highest BCUT2D eigenvalue weighted by molar-refractivity contribution is 6.30. The van der Waals surface area contributed by atoms with Gasteiger partial charge in [0.25, 0.3) is 0 Å². The van der Waals surface area contributed by atoms with E-state index in [4.69, 9.17) is 44.8 Å². The molecule has 11 nitrogen and oxygen atoms in total. The topological polar surface area (TPSA) is 133 Å². The zero-order chi connectivity index (χ0) is 32.3. The highest BCUT2D eigenvalue weighted by Gasteiger charge is 2.54. The summed E-state index contributed by atoms with van der Waals surface area (Å²) in [5.74, 6) is -3.54. The quantitative estimate of drug-likeness (QED) is 0.290. The van der Waals surface area contributed by atoms with Crippen LogP contribution in [-0.4, -0.2) is 60.7 Å². The van der Waals surface area contributed by atoms with E-state index in [1.165, 1.54) is 20.8 Å². The average molecular weight is 633 g/mol. The third-order valence-electron chi connectivity index (χ3n) is 7.13. The van der Waals surface area contributed by atoms with Gasteiger partial charge >= 0.3 is 23.9 Å². The Morgan fingerprint density at radius 3 is 1.95 bits per heavy atom. The normalized spacial score (nSPS) is 25.5. The summed E-state index contributed by atoms with van der Waals surface area (Å²) in [6, 6.07) is 11.3. The lowest BCUT2D eigenvalue weighted by molar-refractivity contribution is -0.255. The van der Waals surface area contributed by atoms with Crippen molar-refractivity contribution in [1.29, 1.82) is 0 Å². The molecule has 2 heterocycles. The fraction of sp³-hybridized carbons (Fsp3) is 0.500. The summed E-state index contributed by atoms with van der Waals surface area (Å²) in [5.41, 5.74) is 2.96. The molecule has 2 aliphatic rings. The summed E-state index contributed by atoms with van der Waals surface area (Å²) in [7, 11) is 0. The number of fused-ring (bicyclic) bond motifs is 1. The minimum atomic E-state index is -1.35. The zero-order valence-corrected chi connectivity index (χ0v) is 26.5. The van der Waals surface area contributed by atoms with Crippen LogP contribution < -0.4 is 4.74 Å². The van der Waals surface area contributed by atoms with Gasteiger partial charge in [0.15, 0.2) is 18.3 Å². The maximum absolute atomic E-state index is 12.4. The number of aryl methyl sites for hydroxylation is 1. The molecular formula is C32H37ClO11. The van der Waals surface area contributed by atoms with Crippen LogP contribution in [0.2, 0.25) is 5.02 Å². The van der Waals surface area contributed by atoms with Gasteiger partial charge in [-0.25, -0.2) is 0 Å².